The zero-order chi connectivity index (χ0) is 16.7. The summed E-state index contributed by atoms with van der Waals surface area (Å²) in [6.07, 6.45) is 3.92. The van der Waals surface area contributed by atoms with E-state index in [4.69, 9.17) is 4.42 Å². The Labute approximate surface area is 149 Å². The van der Waals surface area contributed by atoms with Gasteiger partial charge in [0, 0.05) is 22.1 Å². The predicted octanol–water partition coefficient (Wildman–Crippen LogP) is 3.32. The van der Waals surface area contributed by atoms with Crippen LogP contribution < -0.4 is 5.32 Å². The fraction of sp³-hybridized carbons (Fsp3) is 0.444. The molecule has 1 aromatic carbocycles. The Hall–Kier alpha value is -1.66. The van der Waals surface area contributed by atoms with Crippen molar-refractivity contribution in [3.63, 3.8) is 0 Å². The van der Waals surface area contributed by atoms with Crippen molar-refractivity contribution in [3.05, 3.63) is 40.8 Å². The molecule has 2 unspecified atom stereocenters. The smallest absolute Gasteiger partial charge is 0.307 e. The molecular weight excluding hydrogens is 370 g/mol. The number of rotatable bonds is 3. The quantitative estimate of drug-likeness (QED) is 0.874. The van der Waals surface area contributed by atoms with Crippen LogP contribution in [0.2, 0.25) is 0 Å². The summed E-state index contributed by atoms with van der Waals surface area (Å²) < 4.78 is 6.65. The molecule has 2 atom stereocenters. The number of amides is 1. The van der Waals surface area contributed by atoms with Gasteiger partial charge in [0.15, 0.2) is 5.76 Å². The lowest BCUT2D eigenvalue weighted by molar-refractivity contribution is 0.0210. The van der Waals surface area contributed by atoms with Crippen molar-refractivity contribution in [2.24, 2.45) is 5.92 Å². The van der Waals surface area contributed by atoms with E-state index < -0.39 is 0 Å². The average Bonchev–Trinajstić information content (AvgIpc) is 3.09. The van der Waals surface area contributed by atoms with Crippen molar-refractivity contribution < 1.29 is 9.21 Å². The molecule has 1 N–H and O–H groups in total. The number of aromatic nitrogens is 1. The first-order chi connectivity index (χ1) is 11.6. The summed E-state index contributed by atoms with van der Waals surface area (Å²) in [4.78, 5) is 19.2. The molecule has 0 saturated carbocycles. The van der Waals surface area contributed by atoms with E-state index in [9.17, 15) is 4.79 Å². The first kappa shape index (κ1) is 15.8. The highest BCUT2D eigenvalue weighted by atomic mass is 79.9. The van der Waals surface area contributed by atoms with Crippen molar-refractivity contribution in [2.45, 2.75) is 31.8 Å². The van der Waals surface area contributed by atoms with Gasteiger partial charge in [0.25, 0.3) is 5.89 Å². The minimum atomic E-state index is -0.221. The Morgan fingerprint density at radius 1 is 1.38 bits per heavy atom. The van der Waals surface area contributed by atoms with Gasteiger partial charge in [0.05, 0.1) is 6.20 Å². The van der Waals surface area contributed by atoms with E-state index in [0.717, 1.165) is 36.0 Å². The molecule has 0 radical (unpaired) electrons. The molecule has 126 valence electrons. The van der Waals surface area contributed by atoms with Gasteiger partial charge in [-0.05, 0) is 50.9 Å². The average molecular weight is 390 g/mol. The van der Waals surface area contributed by atoms with Crippen LogP contribution in [0.25, 0.3) is 11.3 Å². The summed E-state index contributed by atoms with van der Waals surface area (Å²) in [5.41, 5.74) is 0.895. The molecule has 5 nitrogen and oxygen atoms in total. The number of nitrogens with one attached hydrogen (secondary N) is 1. The number of halogens is 1. The summed E-state index contributed by atoms with van der Waals surface area (Å²) in [7, 11) is 0. The maximum Gasteiger partial charge on any atom is 0.307 e. The monoisotopic (exact) mass is 389 g/mol. The highest BCUT2D eigenvalue weighted by molar-refractivity contribution is 9.10. The standard InChI is InChI=1S/C18H20BrN3O2/c1-11-16(12-5-7-22(11)8-6-12)21-17(23)18-20-10-15(24-18)13-3-2-4-14(19)9-13/h2-4,9-12,16H,5-8H2,1H3,(H,21,23). The van der Waals surface area contributed by atoms with Gasteiger partial charge >= 0.3 is 5.91 Å². The van der Waals surface area contributed by atoms with E-state index in [1.165, 1.54) is 0 Å². The number of piperidine rings is 3. The molecule has 2 bridgehead atoms. The molecule has 4 heterocycles. The number of nitrogens with zero attached hydrogens (tertiary/aromatic N) is 2. The SMILES string of the molecule is CC1C(NC(=O)c2ncc(-c3cccc(Br)c3)o2)C2CCN1CC2. The molecule has 2 aromatic rings. The fourth-order valence-electron chi connectivity index (χ4n) is 3.91. The largest absolute Gasteiger partial charge is 0.432 e. The second-order valence-electron chi connectivity index (χ2n) is 6.65. The van der Waals surface area contributed by atoms with Gasteiger partial charge in [0.1, 0.15) is 0 Å². The summed E-state index contributed by atoms with van der Waals surface area (Å²) in [6, 6.07) is 8.31. The van der Waals surface area contributed by atoms with Crippen molar-refractivity contribution in [1.29, 1.82) is 0 Å². The molecule has 6 heteroatoms. The fourth-order valence-corrected chi connectivity index (χ4v) is 4.31. The highest BCUT2D eigenvalue weighted by Crippen LogP contribution is 2.32. The number of hydrogen-bond donors (Lipinski definition) is 1. The molecule has 3 fully saturated rings. The lowest BCUT2D eigenvalue weighted by Crippen LogP contribution is -2.62. The summed E-state index contributed by atoms with van der Waals surface area (Å²) in [5.74, 6) is 1.08. The topological polar surface area (TPSA) is 58.4 Å². The van der Waals surface area contributed by atoms with Crippen LogP contribution in [0.15, 0.2) is 39.4 Å². The van der Waals surface area contributed by atoms with Crippen LogP contribution in [0.4, 0.5) is 0 Å². The second kappa shape index (κ2) is 6.33. The van der Waals surface area contributed by atoms with Crippen LogP contribution in [0.1, 0.15) is 30.5 Å². The van der Waals surface area contributed by atoms with Gasteiger partial charge in [-0.3, -0.25) is 9.69 Å². The van der Waals surface area contributed by atoms with E-state index in [1.54, 1.807) is 6.20 Å². The molecule has 1 amide bonds. The van der Waals surface area contributed by atoms with Gasteiger partial charge in [-0.2, -0.15) is 0 Å². The first-order valence-corrected chi connectivity index (χ1v) is 9.18. The Morgan fingerprint density at radius 3 is 2.88 bits per heavy atom. The third-order valence-electron chi connectivity index (χ3n) is 5.28. The van der Waals surface area contributed by atoms with Crippen LogP contribution in [0, 0.1) is 5.92 Å². The van der Waals surface area contributed by atoms with Crippen LogP contribution >= 0.6 is 15.9 Å². The predicted molar refractivity (Wildman–Crippen MR) is 94.7 cm³/mol. The number of hydrogen-bond acceptors (Lipinski definition) is 4. The van der Waals surface area contributed by atoms with Gasteiger partial charge in [-0.15, -0.1) is 0 Å². The number of carbonyl (C=O) groups excluding carboxylic acids is 1. The molecule has 5 rings (SSSR count). The third kappa shape index (κ3) is 2.89. The normalized spacial score (nSPS) is 28.8. The van der Waals surface area contributed by atoms with Gasteiger partial charge in [-0.1, -0.05) is 28.1 Å². The summed E-state index contributed by atoms with van der Waals surface area (Å²) in [5, 5.41) is 3.15. The van der Waals surface area contributed by atoms with E-state index >= 15 is 0 Å². The maximum atomic E-state index is 12.6. The van der Waals surface area contributed by atoms with Gasteiger partial charge < -0.3 is 9.73 Å². The molecule has 0 aliphatic carbocycles. The first-order valence-electron chi connectivity index (χ1n) is 8.38. The zero-order valence-corrected chi connectivity index (χ0v) is 15.1. The molecule has 0 spiro atoms. The molecule has 3 aliphatic heterocycles. The Balaban J connectivity index is 1.49. The lowest BCUT2D eigenvalue weighted by atomic mass is 9.79. The minimum Gasteiger partial charge on any atom is -0.432 e. The second-order valence-corrected chi connectivity index (χ2v) is 7.57. The molecule has 1 aromatic heterocycles. The Bertz CT molecular complexity index is 750. The third-order valence-corrected chi connectivity index (χ3v) is 5.78. The van der Waals surface area contributed by atoms with Crippen molar-refractivity contribution in [3.8, 4) is 11.3 Å². The van der Waals surface area contributed by atoms with E-state index in [-0.39, 0.29) is 17.8 Å². The lowest BCUT2D eigenvalue weighted by Gasteiger charge is -2.49. The highest BCUT2D eigenvalue weighted by Gasteiger charge is 2.40. The minimum absolute atomic E-state index is 0.133. The van der Waals surface area contributed by atoms with Crippen molar-refractivity contribution in [2.75, 3.05) is 13.1 Å². The van der Waals surface area contributed by atoms with Crippen molar-refractivity contribution in [1.82, 2.24) is 15.2 Å². The van der Waals surface area contributed by atoms with Crippen LogP contribution in [-0.4, -0.2) is 41.0 Å². The van der Waals surface area contributed by atoms with E-state index in [1.807, 2.05) is 24.3 Å². The van der Waals surface area contributed by atoms with Crippen LogP contribution in [0.3, 0.4) is 0 Å². The maximum absolute atomic E-state index is 12.6. The number of carbonyl (C=O) groups is 1. The van der Waals surface area contributed by atoms with E-state index in [0.29, 0.717) is 17.7 Å². The zero-order valence-electron chi connectivity index (χ0n) is 13.5. The number of oxazole rings is 1. The Morgan fingerprint density at radius 2 is 2.17 bits per heavy atom. The molecular formula is C18H20BrN3O2. The van der Waals surface area contributed by atoms with Crippen LogP contribution in [0.5, 0.6) is 0 Å². The van der Waals surface area contributed by atoms with E-state index in [2.05, 4.69) is 38.1 Å². The summed E-state index contributed by atoms with van der Waals surface area (Å²) >= 11 is 3.44. The summed E-state index contributed by atoms with van der Waals surface area (Å²) in [6.45, 7) is 4.48. The van der Waals surface area contributed by atoms with Crippen molar-refractivity contribution >= 4 is 21.8 Å². The van der Waals surface area contributed by atoms with Gasteiger partial charge in [-0.25, -0.2) is 4.98 Å². The van der Waals surface area contributed by atoms with Crippen LogP contribution in [-0.2, 0) is 0 Å². The van der Waals surface area contributed by atoms with Gasteiger partial charge in [0.2, 0.25) is 0 Å². The molecule has 3 saturated heterocycles. The number of fused-ring (bicyclic) bond motifs is 3. The molecule has 24 heavy (non-hydrogen) atoms. The molecule has 3 aliphatic rings. The number of benzene rings is 1. The Kier molecular flexibility index (Phi) is 4.18.